The van der Waals surface area contributed by atoms with Crippen LogP contribution in [0.4, 0.5) is 0 Å². The molecule has 0 aliphatic rings. The summed E-state index contributed by atoms with van der Waals surface area (Å²) in [5.41, 5.74) is -0.919. The van der Waals surface area contributed by atoms with Gasteiger partial charge >= 0.3 is 17.9 Å². The van der Waals surface area contributed by atoms with Crippen molar-refractivity contribution in [2.75, 3.05) is 39.6 Å². The minimum atomic E-state index is -1.52. The lowest BCUT2D eigenvalue weighted by Gasteiger charge is -2.30. The highest BCUT2D eigenvalue weighted by molar-refractivity contribution is 6.08. The number of carboxylic acids is 3. The number of hydrogen-bond acceptors (Lipinski definition) is 6. The summed E-state index contributed by atoms with van der Waals surface area (Å²) in [5.74, 6) is -6.34. The Morgan fingerprint density at radius 2 is 0.784 bits per heavy atom. The first kappa shape index (κ1) is 45.0. The van der Waals surface area contributed by atoms with E-state index in [4.69, 9.17) is 14.2 Å². The van der Waals surface area contributed by atoms with Crippen molar-refractivity contribution in [1.29, 1.82) is 0 Å². The van der Waals surface area contributed by atoms with Crippen LogP contribution in [-0.2, 0) is 14.2 Å². The SMILES string of the molecule is C=CCCCC=CCOCC(C)c1c(C(=O)O)c(C(=O)O)c(C(C)COCC=CCCCC=C)c(C(C)COCC=CCCCC=C)c1C(=O)O. The maximum atomic E-state index is 13.2. The van der Waals surface area contributed by atoms with Crippen LogP contribution in [0.5, 0.6) is 0 Å². The molecule has 9 nitrogen and oxygen atoms in total. The summed E-state index contributed by atoms with van der Waals surface area (Å²) in [7, 11) is 0. The predicted molar refractivity (Wildman–Crippen MR) is 205 cm³/mol. The van der Waals surface area contributed by atoms with Crippen molar-refractivity contribution >= 4 is 17.9 Å². The van der Waals surface area contributed by atoms with Gasteiger partial charge in [0.2, 0.25) is 0 Å². The normalized spacial score (nSPS) is 13.5. The number of aromatic carboxylic acids is 3. The molecule has 0 radical (unpaired) electrons. The molecule has 0 heterocycles. The van der Waals surface area contributed by atoms with Gasteiger partial charge in [0.05, 0.1) is 56.3 Å². The summed E-state index contributed by atoms with van der Waals surface area (Å²) in [6.45, 7) is 17.2. The number of benzene rings is 1. The molecule has 1 rings (SSSR count). The molecule has 9 heteroatoms. The van der Waals surface area contributed by atoms with Crippen molar-refractivity contribution < 1.29 is 43.9 Å². The summed E-state index contributed by atoms with van der Waals surface area (Å²) < 4.78 is 17.7. The zero-order chi connectivity index (χ0) is 38.0. The Morgan fingerprint density at radius 1 is 0.490 bits per heavy atom. The van der Waals surface area contributed by atoms with E-state index in [0.29, 0.717) is 0 Å². The van der Waals surface area contributed by atoms with Crippen LogP contribution in [0.15, 0.2) is 74.4 Å². The summed E-state index contributed by atoms with van der Waals surface area (Å²) in [6.07, 6.45) is 25.4. The van der Waals surface area contributed by atoms with E-state index in [1.54, 1.807) is 20.8 Å². The van der Waals surface area contributed by atoms with Crippen molar-refractivity contribution in [3.8, 4) is 0 Å². The third kappa shape index (κ3) is 16.2. The molecule has 0 aliphatic heterocycles. The molecular formula is C42H60O9. The molecule has 1 aromatic carbocycles. The van der Waals surface area contributed by atoms with Crippen LogP contribution in [-0.4, -0.2) is 72.9 Å². The van der Waals surface area contributed by atoms with Crippen molar-refractivity contribution in [3.05, 3.63) is 108 Å². The molecule has 51 heavy (non-hydrogen) atoms. The molecule has 0 aliphatic carbocycles. The van der Waals surface area contributed by atoms with Gasteiger partial charge < -0.3 is 29.5 Å². The molecule has 1 aromatic rings. The predicted octanol–water partition coefficient (Wildman–Crippen LogP) is 9.88. The number of hydrogen-bond donors (Lipinski definition) is 3. The first-order valence-electron chi connectivity index (χ1n) is 18.0. The molecule has 0 saturated heterocycles. The van der Waals surface area contributed by atoms with E-state index in [1.165, 1.54) is 0 Å². The van der Waals surface area contributed by atoms with Crippen molar-refractivity contribution in [2.24, 2.45) is 0 Å². The fourth-order valence-electron chi connectivity index (χ4n) is 5.89. The lowest BCUT2D eigenvalue weighted by atomic mass is 9.75. The number of ether oxygens (including phenoxy) is 3. The maximum absolute atomic E-state index is 13.2. The number of allylic oxidation sites excluding steroid dienone is 6. The monoisotopic (exact) mass is 708 g/mol. The number of carbonyl (C=O) groups is 3. The molecule has 0 spiro atoms. The van der Waals surface area contributed by atoms with Gasteiger partial charge in [-0.05, 0) is 74.5 Å². The first-order valence-corrected chi connectivity index (χ1v) is 18.0. The highest BCUT2D eigenvalue weighted by Crippen LogP contribution is 2.41. The molecule has 0 bridgehead atoms. The Kier molecular flexibility index (Phi) is 23.6. The third-order valence-corrected chi connectivity index (χ3v) is 8.32. The number of rotatable bonds is 30. The van der Waals surface area contributed by atoms with E-state index < -0.39 is 46.8 Å². The molecule has 0 fully saturated rings. The molecule has 0 amide bonds. The Balaban J connectivity index is 3.66. The largest absolute Gasteiger partial charge is 0.478 e. The van der Waals surface area contributed by atoms with Crippen molar-refractivity contribution in [2.45, 2.75) is 96.3 Å². The molecule has 0 saturated carbocycles. The summed E-state index contributed by atoms with van der Waals surface area (Å²) in [4.78, 5) is 39.2. The maximum Gasteiger partial charge on any atom is 0.336 e. The zero-order valence-corrected chi connectivity index (χ0v) is 30.9. The smallest absolute Gasteiger partial charge is 0.336 e. The molecule has 282 valence electrons. The topological polar surface area (TPSA) is 140 Å². The minimum absolute atomic E-state index is 0.0191. The van der Waals surface area contributed by atoms with Gasteiger partial charge in [-0.25, -0.2) is 14.4 Å². The van der Waals surface area contributed by atoms with E-state index in [9.17, 15) is 29.7 Å². The number of carboxylic acid groups (broad SMARTS) is 3. The van der Waals surface area contributed by atoms with E-state index >= 15 is 0 Å². The molecule has 0 aromatic heterocycles. The molecule has 3 atom stereocenters. The fraction of sp³-hybridized carbons (Fsp3) is 0.500. The van der Waals surface area contributed by atoms with Crippen LogP contribution >= 0.6 is 0 Å². The van der Waals surface area contributed by atoms with Crippen LogP contribution < -0.4 is 0 Å². The summed E-state index contributed by atoms with van der Waals surface area (Å²) >= 11 is 0. The highest BCUT2D eigenvalue weighted by Gasteiger charge is 2.38. The second-order valence-corrected chi connectivity index (χ2v) is 12.7. The van der Waals surface area contributed by atoms with Gasteiger partial charge in [-0.3, -0.25) is 0 Å². The average molecular weight is 709 g/mol. The van der Waals surface area contributed by atoms with Gasteiger partial charge in [-0.15, -0.1) is 19.7 Å². The second kappa shape index (κ2) is 26.7. The summed E-state index contributed by atoms with van der Waals surface area (Å²) in [6, 6.07) is 0. The van der Waals surface area contributed by atoms with Crippen LogP contribution in [0.3, 0.4) is 0 Å². The Labute approximate surface area is 305 Å². The molecular weight excluding hydrogens is 648 g/mol. The molecule has 3 unspecified atom stereocenters. The van der Waals surface area contributed by atoms with Gasteiger partial charge in [0.15, 0.2) is 0 Å². The molecule has 3 N–H and O–H groups in total. The fourth-order valence-corrected chi connectivity index (χ4v) is 5.89. The van der Waals surface area contributed by atoms with Crippen LogP contribution in [0.25, 0.3) is 0 Å². The van der Waals surface area contributed by atoms with E-state index in [1.807, 2.05) is 54.7 Å². The van der Waals surface area contributed by atoms with Crippen molar-refractivity contribution in [3.63, 3.8) is 0 Å². The van der Waals surface area contributed by atoms with Gasteiger partial charge in [-0.1, -0.05) is 75.5 Å². The lowest BCUT2D eigenvalue weighted by molar-refractivity contribution is 0.0641. The van der Waals surface area contributed by atoms with Gasteiger partial charge in [0, 0.05) is 17.8 Å². The van der Waals surface area contributed by atoms with E-state index in [0.717, 1.165) is 57.8 Å². The summed E-state index contributed by atoms with van der Waals surface area (Å²) in [5, 5.41) is 31.9. The highest BCUT2D eigenvalue weighted by atomic mass is 16.5. The van der Waals surface area contributed by atoms with E-state index in [-0.39, 0.29) is 61.9 Å². The van der Waals surface area contributed by atoms with E-state index in [2.05, 4.69) is 19.7 Å². The van der Waals surface area contributed by atoms with Gasteiger partial charge in [0.25, 0.3) is 0 Å². The Bertz CT molecular complexity index is 1350. The first-order chi connectivity index (χ1) is 24.5. The lowest BCUT2D eigenvalue weighted by Crippen LogP contribution is -2.27. The third-order valence-electron chi connectivity index (χ3n) is 8.32. The zero-order valence-electron chi connectivity index (χ0n) is 30.9. The number of unbranched alkanes of at least 4 members (excludes halogenated alkanes) is 6. The van der Waals surface area contributed by atoms with Crippen molar-refractivity contribution in [1.82, 2.24) is 0 Å². The van der Waals surface area contributed by atoms with Crippen LogP contribution in [0.1, 0.15) is 144 Å². The van der Waals surface area contributed by atoms with Crippen LogP contribution in [0.2, 0.25) is 0 Å². The second-order valence-electron chi connectivity index (χ2n) is 12.7. The standard InChI is InChI=1S/C42H60O9/c1-7-10-13-16-19-22-25-49-28-31(4)34-35(32(5)29-50-26-23-20-17-14-11-8-2)38(41(45)46)39(42(47)48)36(37(34)40(43)44)33(6)30-51-27-24-21-18-15-12-9-3/h7-9,19-24,31-33H,1-3,10-18,25-30H2,4-6H3,(H,43,44)(H,45,46)(H,47,48). The van der Waals surface area contributed by atoms with Gasteiger partial charge in [0.1, 0.15) is 0 Å². The van der Waals surface area contributed by atoms with Crippen LogP contribution in [0, 0.1) is 0 Å². The minimum Gasteiger partial charge on any atom is -0.478 e. The quantitative estimate of drug-likeness (QED) is 0.0526. The van der Waals surface area contributed by atoms with Gasteiger partial charge in [-0.2, -0.15) is 0 Å². The average Bonchev–Trinajstić information content (AvgIpc) is 3.09. The Hall–Kier alpha value is -4.05. The Morgan fingerprint density at radius 3 is 1.10 bits per heavy atom.